The second-order valence-corrected chi connectivity index (χ2v) is 6.83. The van der Waals surface area contributed by atoms with Gasteiger partial charge in [-0.2, -0.15) is 0 Å². The molecule has 0 spiro atoms. The van der Waals surface area contributed by atoms with E-state index >= 15 is 0 Å². The van der Waals surface area contributed by atoms with Crippen LogP contribution in [0.3, 0.4) is 0 Å². The normalized spacial score (nSPS) is 11.1. The molecule has 0 aliphatic rings. The SMILES string of the molecule is Cn1c(=O)c2nc(Br)n(CC(=O)NCc3ccccc3Cl)c2n(C)c1=O. The number of nitrogens with zero attached hydrogens (tertiary/aromatic N) is 4. The monoisotopic (exact) mass is 439 g/mol. The molecule has 10 heteroatoms. The molecule has 3 rings (SSSR count). The van der Waals surface area contributed by atoms with Crippen LogP contribution in [-0.4, -0.2) is 24.6 Å². The fourth-order valence-corrected chi connectivity index (χ4v) is 3.31. The van der Waals surface area contributed by atoms with Gasteiger partial charge in [-0.15, -0.1) is 0 Å². The molecule has 3 aromatic rings. The summed E-state index contributed by atoms with van der Waals surface area (Å²) in [7, 11) is 2.91. The lowest BCUT2D eigenvalue weighted by Crippen LogP contribution is -2.38. The molecule has 136 valence electrons. The van der Waals surface area contributed by atoms with Gasteiger partial charge in [0, 0.05) is 25.7 Å². The summed E-state index contributed by atoms with van der Waals surface area (Å²) in [5, 5.41) is 3.33. The van der Waals surface area contributed by atoms with Gasteiger partial charge in [0.1, 0.15) is 6.54 Å². The van der Waals surface area contributed by atoms with Crippen LogP contribution in [0.15, 0.2) is 38.6 Å². The van der Waals surface area contributed by atoms with E-state index in [-0.39, 0.29) is 30.2 Å². The van der Waals surface area contributed by atoms with Gasteiger partial charge in [-0.25, -0.2) is 9.78 Å². The molecular weight excluding hydrogens is 426 g/mol. The maximum absolute atomic E-state index is 12.3. The van der Waals surface area contributed by atoms with Gasteiger partial charge in [-0.3, -0.25) is 23.3 Å². The predicted octanol–water partition coefficient (Wildman–Crippen LogP) is 1.17. The third kappa shape index (κ3) is 3.19. The van der Waals surface area contributed by atoms with Crippen molar-refractivity contribution in [1.82, 2.24) is 24.0 Å². The number of imidazole rings is 1. The second kappa shape index (κ2) is 7.08. The van der Waals surface area contributed by atoms with Crippen molar-refractivity contribution in [2.45, 2.75) is 13.1 Å². The molecule has 0 aliphatic carbocycles. The lowest BCUT2D eigenvalue weighted by Gasteiger charge is -2.10. The summed E-state index contributed by atoms with van der Waals surface area (Å²) in [5.41, 5.74) is 0.170. The Morgan fingerprint density at radius 3 is 2.62 bits per heavy atom. The number of benzene rings is 1. The Morgan fingerprint density at radius 1 is 1.23 bits per heavy atom. The van der Waals surface area contributed by atoms with Crippen LogP contribution in [-0.2, 0) is 32.0 Å². The standard InChI is InChI=1S/C16H15BrClN5O3/c1-21-13-12(14(25)22(2)16(21)26)20-15(17)23(13)8-11(24)19-7-9-5-3-4-6-10(9)18/h3-6H,7-8H2,1-2H3,(H,19,24). The van der Waals surface area contributed by atoms with E-state index < -0.39 is 11.2 Å². The molecule has 0 bridgehead atoms. The smallest absolute Gasteiger partial charge is 0.332 e. The van der Waals surface area contributed by atoms with Crippen molar-refractivity contribution in [3.8, 4) is 0 Å². The first-order valence-electron chi connectivity index (χ1n) is 7.63. The maximum atomic E-state index is 12.3. The number of fused-ring (bicyclic) bond motifs is 1. The van der Waals surface area contributed by atoms with Crippen molar-refractivity contribution in [2.24, 2.45) is 14.1 Å². The summed E-state index contributed by atoms with van der Waals surface area (Å²) >= 11 is 9.33. The highest BCUT2D eigenvalue weighted by Gasteiger charge is 2.19. The van der Waals surface area contributed by atoms with Gasteiger partial charge in [0.05, 0.1) is 0 Å². The number of rotatable bonds is 4. The van der Waals surface area contributed by atoms with Crippen LogP contribution >= 0.6 is 27.5 Å². The highest BCUT2D eigenvalue weighted by Crippen LogP contribution is 2.17. The van der Waals surface area contributed by atoms with Crippen LogP contribution in [0.2, 0.25) is 5.02 Å². The minimum absolute atomic E-state index is 0.109. The van der Waals surface area contributed by atoms with E-state index in [4.69, 9.17) is 11.6 Å². The summed E-state index contributed by atoms with van der Waals surface area (Å²) in [5.74, 6) is -0.307. The number of halogens is 2. The zero-order valence-electron chi connectivity index (χ0n) is 14.0. The van der Waals surface area contributed by atoms with Gasteiger partial charge in [0.15, 0.2) is 15.9 Å². The molecule has 0 radical (unpaired) electrons. The molecular formula is C16H15BrClN5O3. The molecule has 1 N–H and O–H groups in total. The summed E-state index contributed by atoms with van der Waals surface area (Å²) in [6.07, 6.45) is 0. The Kier molecular flexibility index (Phi) is 5.01. The molecule has 26 heavy (non-hydrogen) atoms. The Hall–Kier alpha value is -2.39. The van der Waals surface area contributed by atoms with E-state index in [0.29, 0.717) is 9.76 Å². The van der Waals surface area contributed by atoms with E-state index in [0.717, 1.165) is 10.1 Å². The zero-order chi connectivity index (χ0) is 19.0. The lowest BCUT2D eigenvalue weighted by molar-refractivity contribution is -0.121. The number of hydrogen-bond donors (Lipinski definition) is 1. The van der Waals surface area contributed by atoms with Gasteiger partial charge in [0.2, 0.25) is 5.91 Å². The molecule has 0 unspecified atom stereocenters. The van der Waals surface area contributed by atoms with Crippen LogP contribution in [0.1, 0.15) is 5.56 Å². The molecule has 2 heterocycles. The van der Waals surface area contributed by atoms with E-state index in [2.05, 4.69) is 26.2 Å². The molecule has 0 saturated heterocycles. The van der Waals surface area contributed by atoms with Gasteiger partial charge < -0.3 is 5.32 Å². The summed E-state index contributed by atoms with van der Waals surface area (Å²) in [6, 6.07) is 7.20. The Balaban J connectivity index is 1.90. The van der Waals surface area contributed by atoms with Crippen LogP contribution in [0.25, 0.3) is 11.2 Å². The molecule has 0 aliphatic heterocycles. The van der Waals surface area contributed by atoms with Crippen LogP contribution < -0.4 is 16.6 Å². The summed E-state index contributed by atoms with van der Waals surface area (Å²) < 4.78 is 4.03. The Bertz CT molecular complexity index is 1130. The van der Waals surface area contributed by atoms with Crippen molar-refractivity contribution < 1.29 is 4.79 Å². The largest absolute Gasteiger partial charge is 0.350 e. The molecule has 2 aromatic heterocycles. The van der Waals surface area contributed by atoms with Gasteiger partial charge in [-0.05, 0) is 27.6 Å². The Labute approximate surface area is 161 Å². The molecule has 1 amide bonds. The van der Waals surface area contributed by atoms with Crippen LogP contribution in [0.4, 0.5) is 0 Å². The summed E-state index contributed by atoms with van der Waals surface area (Å²) in [6.45, 7) is 0.158. The minimum Gasteiger partial charge on any atom is -0.350 e. The van der Waals surface area contributed by atoms with E-state index in [9.17, 15) is 14.4 Å². The number of carbonyl (C=O) groups is 1. The third-order valence-electron chi connectivity index (χ3n) is 4.03. The number of amides is 1. The zero-order valence-corrected chi connectivity index (χ0v) is 16.3. The average molecular weight is 441 g/mol. The van der Waals surface area contributed by atoms with Gasteiger partial charge in [0.25, 0.3) is 5.56 Å². The minimum atomic E-state index is -0.515. The highest BCUT2D eigenvalue weighted by molar-refractivity contribution is 9.10. The van der Waals surface area contributed by atoms with E-state index in [1.807, 2.05) is 18.2 Å². The molecule has 0 atom stereocenters. The topological polar surface area (TPSA) is 90.9 Å². The quantitative estimate of drug-likeness (QED) is 0.617. The first-order valence-corrected chi connectivity index (χ1v) is 8.80. The van der Waals surface area contributed by atoms with E-state index in [1.165, 1.54) is 23.2 Å². The van der Waals surface area contributed by atoms with Crippen molar-refractivity contribution in [1.29, 1.82) is 0 Å². The average Bonchev–Trinajstić information content (AvgIpc) is 2.94. The number of hydrogen-bond acceptors (Lipinski definition) is 4. The number of aromatic nitrogens is 4. The van der Waals surface area contributed by atoms with Crippen LogP contribution in [0, 0.1) is 0 Å². The van der Waals surface area contributed by atoms with Gasteiger partial charge in [-0.1, -0.05) is 29.8 Å². The highest BCUT2D eigenvalue weighted by atomic mass is 79.9. The predicted molar refractivity (Wildman–Crippen MR) is 101 cm³/mol. The number of carbonyl (C=O) groups excluding carboxylic acids is 1. The first-order chi connectivity index (χ1) is 12.3. The van der Waals surface area contributed by atoms with Crippen molar-refractivity contribution in [2.75, 3.05) is 0 Å². The third-order valence-corrected chi connectivity index (χ3v) is 5.00. The van der Waals surface area contributed by atoms with Crippen LogP contribution in [0.5, 0.6) is 0 Å². The van der Waals surface area contributed by atoms with Gasteiger partial charge >= 0.3 is 5.69 Å². The second-order valence-electron chi connectivity index (χ2n) is 5.71. The molecule has 0 fully saturated rings. The number of aryl methyl sites for hydroxylation is 1. The fourth-order valence-electron chi connectivity index (χ4n) is 2.64. The van der Waals surface area contributed by atoms with Crippen molar-refractivity contribution in [3.63, 3.8) is 0 Å². The lowest BCUT2D eigenvalue weighted by atomic mass is 10.2. The molecule has 8 nitrogen and oxygen atoms in total. The fraction of sp³-hybridized carbons (Fsp3) is 0.250. The molecule has 0 saturated carbocycles. The maximum Gasteiger partial charge on any atom is 0.332 e. The number of nitrogens with one attached hydrogen (secondary N) is 1. The first kappa shape index (κ1) is 18.4. The van der Waals surface area contributed by atoms with Crippen molar-refractivity contribution >= 4 is 44.6 Å². The molecule has 1 aromatic carbocycles. The van der Waals surface area contributed by atoms with E-state index in [1.54, 1.807) is 6.07 Å². The Morgan fingerprint density at radius 2 is 1.92 bits per heavy atom. The van der Waals surface area contributed by atoms with Crippen molar-refractivity contribution in [3.05, 3.63) is 60.4 Å². The summed E-state index contributed by atoms with van der Waals surface area (Å²) in [4.78, 5) is 40.9.